The lowest BCUT2D eigenvalue weighted by Crippen LogP contribution is -2.27. The van der Waals surface area contributed by atoms with E-state index >= 15 is 0 Å². The first-order valence-corrected chi connectivity index (χ1v) is 12.4. The van der Waals surface area contributed by atoms with Crippen molar-refractivity contribution in [2.75, 3.05) is 0 Å². The first kappa shape index (κ1) is 23.9. The predicted octanol–water partition coefficient (Wildman–Crippen LogP) is 6.49. The van der Waals surface area contributed by atoms with E-state index in [0.717, 1.165) is 11.3 Å². The number of aliphatic imine (C=N–C) groups is 1. The molecule has 1 aromatic heterocycles. The smallest absolute Gasteiger partial charge is 0.168 e. The third kappa shape index (κ3) is 4.94. The first-order valence-electron chi connectivity index (χ1n) is 12.4. The van der Waals surface area contributed by atoms with Gasteiger partial charge in [0.05, 0.1) is 28.2 Å². The van der Waals surface area contributed by atoms with Crippen molar-refractivity contribution in [1.82, 2.24) is 5.16 Å². The van der Waals surface area contributed by atoms with Crippen LogP contribution in [-0.2, 0) is 17.6 Å². The van der Waals surface area contributed by atoms with Crippen molar-refractivity contribution in [1.29, 1.82) is 0 Å². The van der Waals surface area contributed by atoms with Gasteiger partial charge < -0.3 is 9.63 Å². The minimum absolute atomic E-state index is 0.00116. The summed E-state index contributed by atoms with van der Waals surface area (Å²) in [4.78, 5) is 30.9. The summed E-state index contributed by atoms with van der Waals surface area (Å²) < 4.78 is 5.50. The fourth-order valence-corrected chi connectivity index (χ4v) is 5.29. The van der Waals surface area contributed by atoms with E-state index in [9.17, 15) is 14.7 Å². The summed E-state index contributed by atoms with van der Waals surface area (Å²) in [5, 5.41) is 15.3. The number of aliphatic hydroxyl groups excluding tert-OH is 1. The van der Waals surface area contributed by atoms with Crippen LogP contribution in [-0.4, -0.2) is 27.5 Å². The summed E-state index contributed by atoms with van der Waals surface area (Å²) in [5.74, 6) is 0.504. The number of para-hydroxylation sites is 1. The molecule has 6 nitrogen and oxygen atoms in total. The van der Waals surface area contributed by atoms with Gasteiger partial charge in [0.15, 0.2) is 11.6 Å². The summed E-state index contributed by atoms with van der Waals surface area (Å²) >= 11 is 0. The number of rotatable bonds is 5. The second-order valence-corrected chi connectivity index (χ2v) is 10.5. The van der Waals surface area contributed by atoms with Gasteiger partial charge in [0.25, 0.3) is 0 Å². The summed E-state index contributed by atoms with van der Waals surface area (Å²) in [5.41, 5.74) is 3.63. The van der Waals surface area contributed by atoms with Crippen LogP contribution in [0.15, 0.2) is 81.5 Å². The summed E-state index contributed by atoms with van der Waals surface area (Å²) in [7, 11) is 0. The highest BCUT2D eigenvalue weighted by molar-refractivity contribution is 6.25. The van der Waals surface area contributed by atoms with Gasteiger partial charge in [-0.2, -0.15) is 0 Å². The molecule has 0 bridgehead atoms. The Morgan fingerprint density at radius 1 is 1.00 bits per heavy atom. The van der Waals surface area contributed by atoms with Gasteiger partial charge in [-0.05, 0) is 35.4 Å². The fraction of sp³-hybridized carbons (Fsp3) is 0.333. The average molecular weight is 483 g/mol. The molecule has 1 N–H and O–H groups in total. The van der Waals surface area contributed by atoms with E-state index in [2.05, 4.69) is 5.16 Å². The van der Waals surface area contributed by atoms with Gasteiger partial charge in [-0.3, -0.25) is 14.6 Å². The second-order valence-electron chi connectivity index (χ2n) is 10.5. The molecule has 1 saturated carbocycles. The Morgan fingerprint density at radius 2 is 1.69 bits per heavy atom. The minimum Gasteiger partial charge on any atom is -0.511 e. The zero-order valence-electron chi connectivity index (χ0n) is 20.7. The van der Waals surface area contributed by atoms with Crippen LogP contribution in [0.4, 0.5) is 5.69 Å². The third-order valence-electron chi connectivity index (χ3n) is 7.01. The maximum absolute atomic E-state index is 13.4. The molecule has 1 fully saturated rings. The van der Waals surface area contributed by atoms with Gasteiger partial charge in [0.2, 0.25) is 0 Å². The Balaban J connectivity index is 1.44. The molecular formula is C30H30N2O4. The molecule has 2 aliphatic rings. The van der Waals surface area contributed by atoms with E-state index in [1.165, 1.54) is 0 Å². The van der Waals surface area contributed by atoms with E-state index < -0.39 is 0 Å². The van der Waals surface area contributed by atoms with Gasteiger partial charge in [-0.25, -0.2) is 0 Å². The van der Waals surface area contributed by atoms with E-state index in [0.29, 0.717) is 54.8 Å². The van der Waals surface area contributed by atoms with Crippen LogP contribution >= 0.6 is 0 Å². The number of carbonyl (C=O) groups is 2. The lowest BCUT2D eigenvalue weighted by atomic mass is 9.76. The number of allylic oxidation sites excluding steroid dienone is 2. The summed E-state index contributed by atoms with van der Waals surface area (Å²) in [6.45, 7) is 4.08. The van der Waals surface area contributed by atoms with Crippen molar-refractivity contribution < 1.29 is 19.2 Å². The van der Waals surface area contributed by atoms with E-state index in [1.807, 2.05) is 74.5 Å². The number of aliphatic hydroxyl groups is 1. The number of aryl methyl sites for hydroxylation is 1. The molecule has 36 heavy (non-hydrogen) atoms. The minimum atomic E-state index is -0.155. The highest BCUT2D eigenvalue weighted by atomic mass is 16.5. The Labute approximate surface area is 210 Å². The lowest BCUT2D eigenvalue weighted by Gasteiger charge is -2.27. The predicted molar refractivity (Wildman–Crippen MR) is 138 cm³/mol. The van der Waals surface area contributed by atoms with Gasteiger partial charge in [0.1, 0.15) is 11.5 Å². The second kappa shape index (κ2) is 9.69. The SMILES string of the molecule is CC1(C)CC(=O)c2c(CCC(O)=C3C(=O)CC(c4ccccc4)CC3=Nc3ccccc3)noc2C1. The van der Waals surface area contributed by atoms with Crippen molar-refractivity contribution >= 4 is 23.0 Å². The van der Waals surface area contributed by atoms with E-state index in [1.54, 1.807) is 0 Å². The highest BCUT2D eigenvalue weighted by Gasteiger charge is 2.37. The van der Waals surface area contributed by atoms with Gasteiger partial charge in [-0.1, -0.05) is 67.5 Å². The van der Waals surface area contributed by atoms with Crippen molar-refractivity contribution in [2.24, 2.45) is 10.4 Å². The van der Waals surface area contributed by atoms with Crippen LogP contribution in [0.1, 0.15) is 72.8 Å². The van der Waals surface area contributed by atoms with Crippen LogP contribution in [0.3, 0.4) is 0 Å². The van der Waals surface area contributed by atoms with Crippen LogP contribution < -0.4 is 0 Å². The highest BCUT2D eigenvalue weighted by Crippen LogP contribution is 2.37. The Hall–Kier alpha value is -3.80. The zero-order valence-corrected chi connectivity index (χ0v) is 20.7. The van der Waals surface area contributed by atoms with Crippen LogP contribution in [0, 0.1) is 5.41 Å². The fourth-order valence-electron chi connectivity index (χ4n) is 5.29. The normalized spacial score (nSPS) is 21.9. The number of ketones is 2. The number of Topliss-reactive ketones (excluding diaryl/α,β-unsaturated/α-hetero) is 2. The molecular weight excluding hydrogens is 452 g/mol. The quantitative estimate of drug-likeness (QED) is 0.331. The molecule has 3 aromatic rings. The average Bonchev–Trinajstić information content (AvgIpc) is 3.25. The molecule has 1 atom stereocenters. The number of aromatic nitrogens is 1. The molecule has 6 heteroatoms. The molecule has 0 spiro atoms. The van der Waals surface area contributed by atoms with Crippen molar-refractivity contribution in [3.05, 3.63) is 94.6 Å². The Bertz CT molecular complexity index is 1350. The summed E-state index contributed by atoms with van der Waals surface area (Å²) in [6.07, 6.45) is 2.45. The Morgan fingerprint density at radius 3 is 2.42 bits per heavy atom. The van der Waals surface area contributed by atoms with Crippen molar-refractivity contribution in [2.45, 2.75) is 58.3 Å². The van der Waals surface area contributed by atoms with Crippen molar-refractivity contribution in [3.63, 3.8) is 0 Å². The van der Waals surface area contributed by atoms with Gasteiger partial charge in [0, 0.05) is 32.1 Å². The molecule has 5 rings (SSSR count). The molecule has 1 unspecified atom stereocenters. The summed E-state index contributed by atoms with van der Waals surface area (Å²) in [6, 6.07) is 19.4. The maximum Gasteiger partial charge on any atom is 0.168 e. The number of hydrogen-bond donors (Lipinski definition) is 1. The molecule has 0 saturated heterocycles. The molecule has 0 amide bonds. The number of benzene rings is 2. The third-order valence-corrected chi connectivity index (χ3v) is 7.01. The molecule has 0 aliphatic heterocycles. The number of nitrogens with zero attached hydrogens (tertiary/aromatic N) is 2. The molecule has 2 aromatic carbocycles. The van der Waals surface area contributed by atoms with Crippen LogP contribution in [0.25, 0.3) is 0 Å². The molecule has 1 heterocycles. The van der Waals surface area contributed by atoms with Crippen LogP contribution in [0.2, 0.25) is 0 Å². The number of carbonyl (C=O) groups excluding carboxylic acids is 2. The number of fused-ring (bicyclic) bond motifs is 1. The molecule has 184 valence electrons. The van der Waals surface area contributed by atoms with Crippen molar-refractivity contribution in [3.8, 4) is 0 Å². The largest absolute Gasteiger partial charge is 0.511 e. The first-order chi connectivity index (χ1) is 17.3. The molecule has 2 aliphatic carbocycles. The van der Waals surface area contributed by atoms with E-state index in [-0.39, 0.29) is 40.7 Å². The van der Waals surface area contributed by atoms with Gasteiger partial charge >= 0.3 is 0 Å². The number of hydrogen-bond acceptors (Lipinski definition) is 6. The standard InChI is InChI=1S/C30H30N2O4/c1-30(2)17-26(35)29-22(32-36-27(29)18-30)13-14-24(33)28-23(31-21-11-7-4-8-12-21)15-20(16-25(28)34)19-9-5-3-6-10-19/h3-12,20,33H,13-18H2,1-2H3. The topological polar surface area (TPSA) is 92.8 Å². The van der Waals surface area contributed by atoms with Gasteiger partial charge in [-0.15, -0.1) is 0 Å². The maximum atomic E-state index is 13.4. The monoisotopic (exact) mass is 482 g/mol. The lowest BCUT2D eigenvalue weighted by molar-refractivity contribution is -0.116. The van der Waals surface area contributed by atoms with E-state index in [4.69, 9.17) is 9.52 Å². The van der Waals surface area contributed by atoms with Crippen LogP contribution in [0.5, 0.6) is 0 Å². The Kier molecular flexibility index (Phi) is 6.44. The zero-order chi connectivity index (χ0) is 25.3. The molecule has 0 radical (unpaired) electrons.